The van der Waals surface area contributed by atoms with Gasteiger partial charge in [-0.2, -0.15) is 4.31 Å². The molecule has 2 aliphatic heterocycles. The highest BCUT2D eigenvalue weighted by Crippen LogP contribution is 2.27. The van der Waals surface area contributed by atoms with Gasteiger partial charge in [0.15, 0.2) is 0 Å². The van der Waals surface area contributed by atoms with Crippen LogP contribution in [-0.4, -0.2) is 62.8 Å². The van der Waals surface area contributed by atoms with Crippen LogP contribution in [0.25, 0.3) is 0 Å². The summed E-state index contributed by atoms with van der Waals surface area (Å²) in [4.78, 5) is 15.6. The minimum absolute atomic E-state index is 0.0260. The van der Waals surface area contributed by atoms with E-state index in [-0.39, 0.29) is 23.8 Å². The monoisotopic (exact) mass is 525 g/mol. The number of benzene rings is 2. The second kappa shape index (κ2) is 12.1. The Kier molecular flexibility index (Phi) is 9.09. The van der Waals surface area contributed by atoms with Crippen LogP contribution in [-0.2, 0) is 26.7 Å². The van der Waals surface area contributed by atoms with Crippen LogP contribution in [0, 0.1) is 11.8 Å². The van der Waals surface area contributed by atoms with E-state index in [2.05, 4.69) is 61.3 Å². The molecule has 2 fully saturated rings. The van der Waals surface area contributed by atoms with Crippen LogP contribution >= 0.6 is 0 Å². The lowest BCUT2D eigenvalue weighted by molar-refractivity contribution is -0.126. The summed E-state index contributed by atoms with van der Waals surface area (Å²) < 4.78 is 28.0. The van der Waals surface area contributed by atoms with Crippen LogP contribution in [0.1, 0.15) is 57.6 Å². The second-order valence-electron chi connectivity index (χ2n) is 11.7. The van der Waals surface area contributed by atoms with Crippen LogP contribution in [0.3, 0.4) is 0 Å². The number of carbonyl (C=O) groups is 1. The summed E-state index contributed by atoms with van der Waals surface area (Å²) >= 11 is 0. The molecule has 1 unspecified atom stereocenters. The van der Waals surface area contributed by atoms with Gasteiger partial charge < -0.3 is 10.2 Å². The highest BCUT2D eigenvalue weighted by molar-refractivity contribution is 7.89. The maximum atomic E-state index is 13.3. The summed E-state index contributed by atoms with van der Waals surface area (Å²) in [5, 5.41) is 3.08. The van der Waals surface area contributed by atoms with Gasteiger partial charge in [0.25, 0.3) is 0 Å². The quantitative estimate of drug-likeness (QED) is 0.553. The average molecular weight is 526 g/mol. The number of carbonyl (C=O) groups excluding carboxylic acids is 1. The Bertz CT molecular complexity index is 1120. The SMILES string of the molecule is CC(C)(C)c1ccc(S(=O)(=O)N2CCCC(C(=O)NCCN3CCC(Cc4ccccc4)CC3)C2)cc1. The van der Waals surface area contributed by atoms with Gasteiger partial charge in [-0.1, -0.05) is 63.2 Å². The van der Waals surface area contributed by atoms with Crippen molar-refractivity contribution in [2.45, 2.75) is 63.2 Å². The van der Waals surface area contributed by atoms with Crippen molar-refractivity contribution in [1.29, 1.82) is 0 Å². The lowest BCUT2D eigenvalue weighted by atomic mass is 9.87. The number of likely N-dealkylation sites (tertiary alicyclic amines) is 1. The summed E-state index contributed by atoms with van der Waals surface area (Å²) in [7, 11) is -3.61. The van der Waals surface area contributed by atoms with Gasteiger partial charge in [0.2, 0.25) is 15.9 Å². The molecule has 0 bridgehead atoms. The normalized spacial score (nSPS) is 20.6. The molecule has 0 aliphatic carbocycles. The molecule has 202 valence electrons. The molecule has 0 radical (unpaired) electrons. The third-order valence-corrected chi connectivity index (χ3v) is 9.79. The fourth-order valence-electron chi connectivity index (χ4n) is 5.49. The molecule has 2 aromatic carbocycles. The molecule has 2 aliphatic rings. The fraction of sp³-hybridized carbons (Fsp3) is 0.567. The molecule has 4 rings (SSSR count). The van der Waals surface area contributed by atoms with E-state index in [0.29, 0.717) is 24.4 Å². The standard InChI is InChI=1S/C30H43N3O3S/c1-30(2,3)27-11-13-28(14-12-27)37(35,36)33-18-7-10-26(23-33)29(34)31-17-21-32-19-15-25(16-20-32)22-24-8-5-4-6-9-24/h4-6,8-9,11-14,25-26H,7,10,15-23H2,1-3H3,(H,31,34). The molecule has 0 aromatic heterocycles. The topological polar surface area (TPSA) is 69.7 Å². The molecule has 7 heteroatoms. The highest BCUT2D eigenvalue weighted by Gasteiger charge is 2.33. The molecule has 1 atom stereocenters. The predicted molar refractivity (Wildman–Crippen MR) is 149 cm³/mol. The van der Waals surface area contributed by atoms with Crippen molar-refractivity contribution in [2.24, 2.45) is 11.8 Å². The Labute approximate surface area is 223 Å². The molecular weight excluding hydrogens is 482 g/mol. The van der Waals surface area contributed by atoms with Crippen molar-refractivity contribution in [3.8, 4) is 0 Å². The molecule has 1 amide bonds. The number of rotatable bonds is 8. The second-order valence-corrected chi connectivity index (χ2v) is 13.7. The lowest BCUT2D eigenvalue weighted by Gasteiger charge is -2.33. The van der Waals surface area contributed by atoms with Crippen molar-refractivity contribution >= 4 is 15.9 Å². The summed E-state index contributed by atoms with van der Waals surface area (Å²) in [6.45, 7) is 10.6. The first-order chi connectivity index (χ1) is 17.6. The zero-order valence-electron chi connectivity index (χ0n) is 22.7. The molecule has 0 spiro atoms. The summed E-state index contributed by atoms with van der Waals surface area (Å²) in [6, 6.07) is 17.9. The van der Waals surface area contributed by atoms with E-state index in [1.807, 2.05) is 12.1 Å². The highest BCUT2D eigenvalue weighted by atomic mass is 32.2. The first-order valence-corrected chi connectivity index (χ1v) is 15.2. The van der Waals surface area contributed by atoms with Crippen molar-refractivity contribution in [1.82, 2.24) is 14.5 Å². The Balaban J connectivity index is 1.22. The number of sulfonamides is 1. The van der Waals surface area contributed by atoms with E-state index in [1.54, 1.807) is 12.1 Å². The first kappa shape index (κ1) is 27.8. The molecule has 37 heavy (non-hydrogen) atoms. The smallest absolute Gasteiger partial charge is 0.243 e. The van der Waals surface area contributed by atoms with E-state index < -0.39 is 10.0 Å². The fourth-order valence-corrected chi connectivity index (χ4v) is 7.02. The van der Waals surface area contributed by atoms with Crippen LogP contribution in [0.5, 0.6) is 0 Å². The van der Waals surface area contributed by atoms with Gasteiger partial charge in [0.05, 0.1) is 10.8 Å². The first-order valence-electron chi connectivity index (χ1n) is 13.8. The average Bonchev–Trinajstić information content (AvgIpc) is 2.90. The molecular formula is C30H43N3O3S. The zero-order valence-corrected chi connectivity index (χ0v) is 23.5. The van der Waals surface area contributed by atoms with Crippen molar-refractivity contribution in [2.75, 3.05) is 39.3 Å². The van der Waals surface area contributed by atoms with Gasteiger partial charge in [-0.3, -0.25) is 4.79 Å². The van der Waals surface area contributed by atoms with E-state index in [4.69, 9.17) is 0 Å². The third-order valence-electron chi connectivity index (χ3n) is 7.91. The summed E-state index contributed by atoms with van der Waals surface area (Å²) in [5.74, 6) is 0.406. The van der Waals surface area contributed by atoms with Gasteiger partial charge in [0, 0.05) is 26.2 Å². The van der Waals surface area contributed by atoms with Crippen molar-refractivity contribution < 1.29 is 13.2 Å². The van der Waals surface area contributed by atoms with Gasteiger partial charge in [-0.15, -0.1) is 0 Å². The maximum absolute atomic E-state index is 13.3. The number of nitrogens with one attached hydrogen (secondary N) is 1. The van der Waals surface area contributed by atoms with Crippen molar-refractivity contribution in [3.05, 3.63) is 65.7 Å². The molecule has 2 saturated heterocycles. The van der Waals surface area contributed by atoms with E-state index in [1.165, 1.54) is 22.7 Å². The minimum Gasteiger partial charge on any atom is -0.355 e. The molecule has 1 N–H and O–H groups in total. The summed E-state index contributed by atoms with van der Waals surface area (Å²) in [6.07, 6.45) is 4.95. The minimum atomic E-state index is -3.61. The van der Waals surface area contributed by atoms with Gasteiger partial charge in [0.1, 0.15) is 0 Å². The van der Waals surface area contributed by atoms with Gasteiger partial charge in [-0.25, -0.2) is 8.42 Å². The van der Waals surface area contributed by atoms with E-state index in [0.717, 1.165) is 44.0 Å². The Morgan fingerprint density at radius 2 is 1.62 bits per heavy atom. The lowest BCUT2D eigenvalue weighted by Crippen LogP contribution is -2.47. The predicted octanol–water partition coefficient (Wildman–Crippen LogP) is 4.46. The number of nitrogens with zero attached hydrogens (tertiary/aromatic N) is 2. The van der Waals surface area contributed by atoms with Crippen molar-refractivity contribution in [3.63, 3.8) is 0 Å². The Morgan fingerprint density at radius 3 is 2.27 bits per heavy atom. The number of hydrogen-bond donors (Lipinski definition) is 1. The maximum Gasteiger partial charge on any atom is 0.243 e. The summed E-state index contributed by atoms with van der Waals surface area (Å²) in [5.41, 5.74) is 2.48. The van der Waals surface area contributed by atoms with Gasteiger partial charge >= 0.3 is 0 Å². The number of hydrogen-bond acceptors (Lipinski definition) is 4. The molecule has 6 nitrogen and oxygen atoms in total. The van der Waals surface area contributed by atoms with Crippen LogP contribution in [0.4, 0.5) is 0 Å². The van der Waals surface area contributed by atoms with Crippen LogP contribution < -0.4 is 5.32 Å². The third kappa shape index (κ3) is 7.43. The number of amides is 1. The van der Waals surface area contributed by atoms with Gasteiger partial charge in [-0.05, 0) is 79.8 Å². The Hall–Kier alpha value is -2.22. The molecule has 0 saturated carbocycles. The van der Waals surface area contributed by atoms with E-state index in [9.17, 15) is 13.2 Å². The molecule has 2 heterocycles. The largest absolute Gasteiger partial charge is 0.355 e. The zero-order chi connectivity index (χ0) is 26.5. The number of piperidine rings is 2. The van der Waals surface area contributed by atoms with E-state index >= 15 is 0 Å². The molecule has 2 aromatic rings. The van der Waals surface area contributed by atoms with Crippen LogP contribution in [0.2, 0.25) is 0 Å². The Morgan fingerprint density at radius 1 is 0.946 bits per heavy atom. The van der Waals surface area contributed by atoms with Crippen LogP contribution in [0.15, 0.2) is 59.5 Å².